The lowest BCUT2D eigenvalue weighted by atomic mass is 9.98. The molecule has 0 unspecified atom stereocenters. The van der Waals surface area contributed by atoms with E-state index in [4.69, 9.17) is 9.97 Å². The Kier molecular flexibility index (Phi) is 3.55. The van der Waals surface area contributed by atoms with E-state index >= 15 is 0 Å². The van der Waals surface area contributed by atoms with E-state index in [0.717, 1.165) is 23.1 Å². The standard InChI is InChI=1S/C33H20N4/c1-2-7-21(8-3-1)37-29-11-5-4-9-24(29)31-27-17-20-18-28-26(19-25(20)22(27)12-13-30(31)37)23-10-6-14-34-32(23)36-16-15-35-33(28)36/h1-16,18-19H,17H2. The summed E-state index contributed by atoms with van der Waals surface area (Å²) < 4.78 is 4.51. The second kappa shape index (κ2) is 6.83. The average molecular weight is 473 g/mol. The summed E-state index contributed by atoms with van der Waals surface area (Å²) in [4.78, 5) is 9.42. The van der Waals surface area contributed by atoms with Crippen molar-refractivity contribution in [3.63, 3.8) is 0 Å². The Morgan fingerprint density at radius 2 is 1.41 bits per heavy atom. The van der Waals surface area contributed by atoms with Gasteiger partial charge in [-0.1, -0.05) is 42.5 Å². The number of nitrogens with zero attached hydrogens (tertiary/aromatic N) is 4. The summed E-state index contributed by atoms with van der Waals surface area (Å²) in [5, 5.41) is 6.21. The molecule has 0 fully saturated rings. The number of rotatable bonds is 1. The summed E-state index contributed by atoms with van der Waals surface area (Å²) in [5.74, 6) is 0. The summed E-state index contributed by atoms with van der Waals surface area (Å²) in [6.45, 7) is 0. The summed E-state index contributed by atoms with van der Waals surface area (Å²) in [6, 6.07) is 33.0. The smallest absolute Gasteiger partial charge is 0.146 e. The highest BCUT2D eigenvalue weighted by Gasteiger charge is 2.26. The molecule has 1 aliphatic rings. The molecule has 4 aromatic carbocycles. The molecule has 4 heteroatoms. The molecule has 0 radical (unpaired) electrons. The van der Waals surface area contributed by atoms with Crippen LogP contribution in [0.3, 0.4) is 0 Å². The van der Waals surface area contributed by atoms with E-state index in [1.807, 2.05) is 24.7 Å². The molecule has 0 spiro atoms. The van der Waals surface area contributed by atoms with Gasteiger partial charge in [0.15, 0.2) is 0 Å². The lowest BCUT2D eigenvalue weighted by Gasteiger charge is -2.10. The van der Waals surface area contributed by atoms with Gasteiger partial charge in [0.2, 0.25) is 0 Å². The lowest BCUT2D eigenvalue weighted by molar-refractivity contribution is 1.18. The minimum atomic E-state index is 0.915. The highest BCUT2D eigenvalue weighted by atomic mass is 15.0. The maximum Gasteiger partial charge on any atom is 0.146 e. The van der Waals surface area contributed by atoms with E-state index in [9.17, 15) is 0 Å². The third-order valence-electron chi connectivity index (χ3n) is 8.05. The summed E-state index contributed by atoms with van der Waals surface area (Å²) in [6.07, 6.45) is 6.65. The van der Waals surface area contributed by atoms with Gasteiger partial charge in [0.25, 0.3) is 0 Å². The summed E-state index contributed by atoms with van der Waals surface area (Å²) >= 11 is 0. The maximum atomic E-state index is 4.72. The van der Waals surface area contributed by atoms with Crippen molar-refractivity contribution in [2.75, 3.05) is 0 Å². The van der Waals surface area contributed by atoms with E-state index in [1.165, 1.54) is 60.5 Å². The molecule has 0 amide bonds. The number of pyridine rings is 2. The lowest BCUT2D eigenvalue weighted by Crippen LogP contribution is -1.94. The largest absolute Gasteiger partial charge is 0.309 e. The Labute approximate surface area is 212 Å². The normalized spacial score (nSPS) is 12.8. The molecule has 9 rings (SSSR count). The Balaban J connectivity index is 1.39. The molecular formula is C33H20N4. The van der Waals surface area contributed by atoms with Gasteiger partial charge >= 0.3 is 0 Å². The molecule has 37 heavy (non-hydrogen) atoms. The van der Waals surface area contributed by atoms with Gasteiger partial charge in [-0.2, -0.15) is 0 Å². The molecule has 0 atom stereocenters. The Bertz CT molecular complexity index is 2220. The Morgan fingerprint density at radius 3 is 2.35 bits per heavy atom. The first kappa shape index (κ1) is 19.3. The third kappa shape index (κ3) is 2.42. The fraction of sp³-hybridized carbons (Fsp3) is 0.0303. The van der Waals surface area contributed by atoms with Crippen LogP contribution in [-0.4, -0.2) is 18.9 Å². The number of imidazole rings is 1. The summed E-state index contributed by atoms with van der Waals surface area (Å²) in [7, 11) is 0. The van der Waals surface area contributed by atoms with Crippen molar-refractivity contribution in [2.45, 2.75) is 6.42 Å². The molecule has 4 heterocycles. The van der Waals surface area contributed by atoms with Gasteiger partial charge in [-0.15, -0.1) is 0 Å². The molecule has 0 saturated carbocycles. The molecule has 172 valence electrons. The van der Waals surface area contributed by atoms with Crippen molar-refractivity contribution in [1.82, 2.24) is 18.9 Å². The second-order valence-electron chi connectivity index (χ2n) is 9.90. The van der Waals surface area contributed by atoms with Crippen LogP contribution in [0.5, 0.6) is 0 Å². The van der Waals surface area contributed by atoms with Crippen LogP contribution < -0.4 is 0 Å². The Hall–Kier alpha value is -4.96. The predicted molar refractivity (Wildman–Crippen MR) is 151 cm³/mol. The number of hydrogen-bond acceptors (Lipinski definition) is 2. The molecule has 4 nitrogen and oxygen atoms in total. The van der Waals surface area contributed by atoms with Crippen LogP contribution in [0.4, 0.5) is 0 Å². The molecule has 0 bridgehead atoms. The van der Waals surface area contributed by atoms with Crippen LogP contribution >= 0.6 is 0 Å². The van der Waals surface area contributed by atoms with Gasteiger partial charge < -0.3 is 4.57 Å². The number of fused-ring (bicyclic) bond motifs is 13. The van der Waals surface area contributed by atoms with Gasteiger partial charge in [0.1, 0.15) is 11.3 Å². The van der Waals surface area contributed by atoms with E-state index in [0.29, 0.717) is 0 Å². The van der Waals surface area contributed by atoms with Crippen LogP contribution in [0, 0.1) is 0 Å². The highest BCUT2D eigenvalue weighted by Crippen LogP contribution is 2.46. The van der Waals surface area contributed by atoms with Crippen molar-refractivity contribution in [3.05, 3.63) is 121 Å². The van der Waals surface area contributed by atoms with Crippen molar-refractivity contribution in [3.8, 4) is 16.8 Å². The van der Waals surface area contributed by atoms with E-state index in [-0.39, 0.29) is 0 Å². The van der Waals surface area contributed by atoms with E-state index in [1.54, 1.807) is 0 Å². The van der Waals surface area contributed by atoms with E-state index in [2.05, 4.69) is 93.9 Å². The second-order valence-corrected chi connectivity index (χ2v) is 9.90. The number of hydrogen-bond donors (Lipinski definition) is 0. The fourth-order valence-electron chi connectivity index (χ4n) is 6.54. The SMILES string of the molecule is c1ccc(-n2c3ccccc3c3c4c(ccc32)-c2cc3c5cccnc5n5ccnc5c3cc2C4)cc1. The Morgan fingerprint density at radius 1 is 0.595 bits per heavy atom. The van der Waals surface area contributed by atoms with Crippen LogP contribution in [0.2, 0.25) is 0 Å². The van der Waals surface area contributed by atoms with Crippen molar-refractivity contribution >= 4 is 49.3 Å². The zero-order chi connectivity index (χ0) is 24.1. The zero-order valence-electron chi connectivity index (χ0n) is 19.9. The van der Waals surface area contributed by atoms with Gasteiger partial charge in [0.05, 0.1) is 11.0 Å². The minimum absolute atomic E-state index is 0.915. The molecule has 8 aromatic rings. The fourth-order valence-corrected chi connectivity index (χ4v) is 6.54. The van der Waals surface area contributed by atoms with E-state index < -0.39 is 0 Å². The summed E-state index contributed by atoms with van der Waals surface area (Å²) in [5.41, 5.74) is 11.0. The van der Waals surface area contributed by atoms with Gasteiger partial charge in [-0.3, -0.25) is 4.40 Å². The number of aromatic nitrogens is 4. The first-order valence-electron chi connectivity index (χ1n) is 12.6. The van der Waals surface area contributed by atoms with Crippen LogP contribution in [0.25, 0.3) is 66.1 Å². The van der Waals surface area contributed by atoms with Crippen molar-refractivity contribution < 1.29 is 0 Å². The first-order chi connectivity index (χ1) is 18.4. The van der Waals surface area contributed by atoms with Gasteiger partial charge in [-0.05, 0) is 82.6 Å². The minimum Gasteiger partial charge on any atom is -0.309 e. The predicted octanol–water partition coefficient (Wildman–Crippen LogP) is 7.70. The third-order valence-corrected chi connectivity index (χ3v) is 8.05. The van der Waals surface area contributed by atoms with Crippen LogP contribution in [-0.2, 0) is 6.42 Å². The topological polar surface area (TPSA) is 35.1 Å². The number of benzene rings is 4. The zero-order valence-corrected chi connectivity index (χ0v) is 19.9. The van der Waals surface area contributed by atoms with Crippen molar-refractivity contribution in [2.24, 2.45) is 0 Å². The monoisotopic (exact) mass is 472 g/mol. The quantitative estimate of drug-likeness (QED) is 0.229. The molecule has 0 aliphatic heterocycles. The van der Waals surface area contributed by atoms with Gasteiger partial charge in [-0.25, -0.2) is 9.97 Å². The van der Waals surface area contributed by atoms with Gasteiger partial charge in [0, 0.05) is 45.8 Å². The van der Waals surface area contributed by atoms with Crippen LogP contribution in [0.15, 0.2) is 110 Å². The first-order valence-corrected chi connectivity index (χ1v) is 12.6. The molecule has 0 saturated heterocycles. The highest BCUT2D eigenvalue weighted by molar-refractivity contribution is 6.16. The molecule has 1 aliphatic carbocycles. The number of para-hydroxylation sites is 2. The maximum absolute atomic E-state index is 4.72. The molecule has 4 aromatic heterocycles. The van der Waals surface area contributed by atoms with Crippen molar-refractivity contribution in [1.29, 1.82) is 0 Å². The van der Waals surface area contributed by atoms with Crippen LogP contribution in [0.1, 0.15) is 11.1 Å². The molecule has 0 N–H and O–H groups in total. The molecular weight excluding hydrogens is 452 g/mol. The average Bonchev–Trinajstić information content (AvgIpc) is 3.66.